The molecular weight excluding hydrogens is 459 g/mol. The Hall–Kier alpha value is -2.68. The third kappa shape index (κ3) is 5.35. The molecule has 3 aromatic rings. The van der Waals surface area contributed by atoms with Gasteiger partial charge >= 0.3 is 0 Å². The fourth-order valence-electron chi connectivity index (χ4n) is 4.60. The molecule has 1 saturated heterocycles. The fraction of sp³-hybridized carbons (Fsp3) is 0.440. The summed E-state index contributed by atoms with van der Waals surface area (Å²) in [6.07, 6.45) is 6.49. The van der Waals surface area contributed by atoms with E-state index in [9.17, 15) is 9.50 Å². The van der Waals surface area contributed by atoms with Crippen LogP contribution in [-0.2, 0) is 0 Å². The number of hydrogen-bond donors (Lipinski definition) is 2. The molecule has 34 heavy (non-hydrogen) atoms. The highest BCUT2D eigenvalue weighted by atomic mass is 35.5. The predicted molar refractivity (Wildman–Crippen MR) is 130 cm³/mol. The second-order valence-electron chi connectivity index (χ2n) is 8.91. The van der Waals surface area contributed by atoms with Crippen LogP contribution in [0.5, 0.6) is 11.5 Å². The standard InChI is InChI=1S/C25H28ClFN4O3/c26-20-11-16(5-6-21(20)27)30-25-24-22(28-15-29-25)12-19(13-23(24)34-18-3-1-2-4-18)33-10-9-31-8-7-17(32)14-31/h5-6,11-13,15,17-18,32H,1-4,7-10,14H2,(H,28,29,30). The number of aliphatic hydroxyl groups excluding tert-OH is 1. The molecule has 0 radical (unpaired) electrons. The van der Waals surface area contributed by atoms with Crippen LogP contribution in [0.4, 0.5) is 15.9 Å². The minimum atomic E-state index is -0.477. The molecule has 2 fully saturated rings. The number of fused-ring (bicyclic) bond motifs is 1. The molecule has 1 atom stereocenters. The zero-order valence-electron chi connectivity index (χ0n) is 18.8. The number of halogens is 2. The molecule has 5 rings (SSSR count). The Labute approximate surface area is 202 Å². The van der Waals surface area contributed by atoms with Crippen LogP contribution in [0, 0.1) is 5.82 Å². The van der Waals surface area contributed by atoms with E-state index >= 15 is 0 Å². The van der Waals surface area contributed by atoms with Crippen molar-refractivity contribution in [2.45, 2.75) is 44.3 Å². The average molecular weight is 487 g/mol. The van der Waals surface area contributed by atoms with Gasteiger partial charge in [-0.2, -0.15) is 0 Å². The maximum Gasteiger partial charge on any atom is 0.145 e. The van der Waals surface area contributed by atoms with Gasteiger partial charge in [0, 0.05) is 37.5 Å². The summed E-state index contributed by atoms with van der Waals surface area (Å²) in [5.41, 5.74) is 1.30. The Kier molecular flexibility index (Phi) is 6.99. The van der Waals surface area contributed by atoms with Gasteiger partial charge in [0.15, 0.2) is 0 Å². The van der Waals surface area contributed by atoms with Crippen molar-refractivity contribution in [3.05, 3.63) is 47.5 Å². The van der Waals surface area contributed by atoms with Gasteiger partial charge in [-0.15, -0.1) is 0 Å². The summed E-state index contributed by atoms with van der Waals surface area (Å²) < 4.78 is 26.1. The number of rotatable bonds is 8. The number of β-amino-alcohol motifs (C(OH)–C–C–N with tert-alkyl or cyclic N) is 1. The summed E-state index contributed by atoms with van der Waals surface area (Å²) in [6, 6.07) is 8.22. The smallest absolute Gasteiger partial charge is 0.145 e. The zero-order valence-corrected chi connectivity index (χ0v) is 19.6. The summed E-state index contributed by atoms with van der Waals surface area (Å²) >= 11 is 5.96. The van der Waals surface area contributed by atoms with Crippen LogP contribution in [0.3, 0.4) is 0 Å². The van der Waals surface area contributed by atoms with Crippen molar-refractivity contribution in [3.63, 3.8) is 0 Å². The third-order valence-corrected chi connectivity index (χ3v) is 6.67. The normalized spacial score (nSPS) is 19.1. The van der Waals surface area contributed by atoms with Crippen molar-refractivity contribution in [1.29, 1.82) is 0 Å². The van der Waals surface area contributed by atoms with Gasteiger partial charge in [-0.05, 0) is 50.3 Å². The SMILES string of the molecule is OC1CCN(CCOc2cc(OC3CCCC3)c3c(Nc4ccc(F)c(Cl)c4)ncnc3c2)C1. The summed E-state index contributed by atoms with van der Waals surface area (Å²) in [6.45, 7) is 2.82. The van der Waals surface area contributed by atoms with Crippen molar-refractivity contribution >= 4 is 34.0 Å². The maximum atomic E-state index is 13.6. The van der Waals surface area contributed by atoms with Crippen LogP contribution in [0.1, 0.15) is 32.1 Å². The Bertz CT molecular complexity index is 1160. The number of benzene rings is 2. The highest BCUT2D eigenvalue weighted by Crippen LogP contribution is 2.38. The lowest BCUT2D eigenvalue weighted by Gasteiger charge is -2.19. The molecule has 0 spiro atoms. The van der Waals surface area contributed by atoms with E-state index in [0.29, 0.717) is 41.7 Å². The molecule has 2 aliphatic rings. The number of aromatic nitrogens is 2. The molecule has 1 aromatic heterocycles. The molecule has 1 saturated carbocycles. The molecule has 7 nitrogen and oxygen atoms in total. The van der Waals surface area contributed by atoms with Gasteiger partial charge in [-0.3, -0.25) is 4.90 Å². The van der Waals surface area contributed by atoms with E-state index in [1.807, 2.05) is 12.1 Å². The first-order valence-electron chi connectivity index (χ1n) is 11.8. The van der Waals surface area contributed by atoms with Crippen molar-refractivity contribution in [1.82, 2.24) is 14.9 Å². The maximum absolute atomic E-state index is 13.6. The van der Waals surface area contributed by atoms with E-state index in [4.69, 9.17) is 21.1 Å². The second-order valence-corrected chi connectivity index (χ2v) is 9.31. The molecule has 9 heteroatoms. The van der Waals surface area contributed by atoms with Crippen LogP contribution in [0.15, 0.2) is 36.7 Å². The predicted octanol–water partition coefficient (Wildman–Crippen LogP) is 4.93. The minimum absolute atomic E-state index is 0.0343. The van der Waals surface area contributed by atoms with Crippen LogP contribution in [-0.4, -0.2) is 58.4 Å². The molecule has 1 aliphatic carbocycles. The van der Waals surface area contributed by atoms with E-state index in [1.165, 1.54) is 18.5 Å². The van der Waals surface area contributed by atoms with Crippen molar-refractivity contribution < 1.29 is 19.0 Å². The van der Waals surface area contributed by atoms with Crippen LogP contribution >= 0.6 is 11.6 Å². The average Bonchev–Trinajstić information content (AvgIpc) is 3.48. The Balaban J connectivity index is 1.42. The van der Waals surface area contributed by atoms with Crippen molar-refractivity contribution in [3.8, 4) is 11.5 Å². The number of nitrogens with zero attached hydrogens (tertiary/aromatic N) is 3. The lowest BCUT2D eigenvalue weighted by molar-refractivity contribution is 0.167. The summed E-state index contributed by atoms with van der Waals surface area (Å²) in [5, 5.41) is 13.7. The van der Waals surface area contributed by atoms with E-state index in [1.54, 1.807) is 6.07 Å². The Morgan fingerprint density at radius 2 is 2.00 bits per heavy atom. The number of hydrogen-bond acceptors (Lipinski definition) is 7. The van der Waals surface area contributed by atoms with E-state index in [2.05, 4.69) is 20.2 Å². The summed E-state index contributed by atoms with van der Waals surface area (Å²) in [7, 11) is 0. The fourth-order valence-corrected chi connectivity index (χ4v) is 4.79. The van der Waals surface area contributed by atoms with Gasteiger partial charge in [0.25, 0.3) is 0 Å². The summed E-state index contributed by atoms with van der Waals surface area (Å²) in [4.78, 5) is 11.1. The Morgan fingerprint density at radius 1 is 1.15 bits per heavy atom. The first-order valence-corrected chi connectivity index (χ1v) is 12.1. The van der Waals surface area contributed by atoms with E-state index in [-0.39, 0.29) is 17.2 Å². The van der Waals surface area contributed by atoms with Crippen molar-refractivity contribution in [2.24, 2.45) is 0 Å². The number of aliphatic hydroxyl groups is 1. The van der Waals surface area contributed by atoms with Gasteiger partial charge < -0.3 is 19.9 Å². The molecule has 1 aliphatic heterocycles. The first kappa shape index (κ1) is 23.1. The largest absolute Gasteiger partial charge is 0.492 e. The number of nitrogens with one attached hydrogen (secondary N) is 1. The van der Waals surface area contributed by atoms with Crippen LogP contribution < -0.4 is 14.8 Å². The lowest BCUT2D eigenvalue weighted by Crippen LogP contribution is -2.27. The molecular formula is C25H28ClFN4O3. The van der Waals surface area contributed by atoms with Gasteiger partial charge in [0.1, 0.15) is 36.1 Å². The van der Waals surface area contributed by atoms with Crippen LogP contribution in [0.25, 0.3) is 10.9 Å². The molecule has 0 bridgehead atoms. The first-order chi connectivity index (χ1) is 16.5. The molecule has 2 N–H and O–H groups in total. The van der Waals surface area contributed by atoms with Gasteiger partial charge in [0.2, 0.25) is 0 Å². The molecule has 2 heterocycles. The van der Waals surface area contributed by atoms with Crippen LogP contribution in [0.2, 0.25) is 5.02 Å². The molecule has 0 amide bonds. The number of anilines is 2. The minimum Gasteiger partial charge on any atom is -0.492 e. The topological polar surface area (TPSA) is 79.7 Å². The number of ether oxygens (including phenoxy) is 2. The highest BCUT2D eigenvalue weighted by molar-refractivity contribution is 6.31. The number of likely N-dealkylation sites (tertiary alicyclic amines) is 1. The molecule has 2 aromatic carbocycles. The second kappa shape index (κ2) is 10.3. The van der Waals surface area contributed by atoms with E-state index < -0.39 is 5.82 Å². The third-order valence-electron chi connectivity index (χ3n) is 6.38. The highest BCUT2D eigenvalue weighted by Gasteiger charge is 2.22. The summed E-state index contributed by atoms with van der Waals surface area (Å²) in [5.74, 6) is 1.41. The zero-order chi connectivity index (χ0) is 23.5. The molecule has 1 unspecified atom stereocenters. The van der Waals surface area contributed by atoms with E-state index in [0.717, 1.165) is 50.6 Å². The lowest BCUT2D eigenvalue weighted by atomic mass is 10.2. The van der Waals surface area contributed by atoms with Gasteiger partial charge in [-0.25, -0.2) is 14.4 Å². The van der Waals surface area contributed by atoms with Gasteiger partial charge in [-0.1, -0.05) is 11.6 Å². The van der Waals surface area contributed by atoms with Gasteiger partial charge in [0.05, 0.1) is 28.1 Å². The monoisotopic (exact) mass is 486 g/mol. The quantitative estimate of drug-likeness (QED) is 0.467. The Morgan fingerprint density at radius 3 is 2.76 bits per heavy atom. The molecule has 180 valence electrons. The van der Waals surface area contributed by atoms with Crippen molar-refractivity contribution in [2.75, 3.05) is 31.6 Å².